The van der Waals surface area contributed by atoms with Gasteiger partial charge in [0.15, 0.2) is 5.78 Å². The molecule has 0 fully saturated rings. The zero-order chi connectivity index (χ0) is 22.7. The third kappa shape index (κ3) is 12.6. The van der Waals surface area contributed by atoms with Gasteiger partial charge in [-0.2, -0.15) is 0 Å². The first kappa shape index (κ1) is 27.5. The van der Waals surface area contributed by atoms with Crippen LogP contribution in [0.5, 0.6) is 0 Å². The van der Waals surface area contributed by atoms with E-state index in [1.807, 2.05) is 48.5 Å². The molecule has 0 unspecified atom stereocenters. The van der Waals surface area contributed by atoms with Crippen LogP contribution in [0.3, 0.4) is 0 Å². The zero-order valence-electron chi connectivity index (χ0n) is 19.3. The average molecular weight is 418 g/mol. The predicted octanol–water partition coefficient (Wildman–Crippen LogP) is 1.31. The molecule has 0 heterocycles. The Morgan fingerprint density at radius 2 is 1.48 bits per heavy atom. The maximum absolute atomic E-state index is 12.6. The normalized spacial score (nSPS) is 12.0. The quantitative estimate of drug-likeness (QED) is 0.469. The highest BCUT2D eigenvalue weighted by atomic mass is 16.5. The largest absolute Gasteiger partial charge is 0.395 e. The Labute approximate surface area is 177 Å². The minimum Gasteiger partial charge on any atom is -0.395 e. The SMILES string of the molecule is CCCN(CCO)C(=O)COCC(=O)N(CCNC(C)(C)C)CC(=O)C(C)(C)C.[HH]. The second-order valence-corrected chi connectivity index (χ2v) is 9.26. The molecule has 0 aliphatic heterocycles. The summed E-state index contributed by atoms with van der Waals surface area (Å²) in [6, 6.07) is 0. The van der Waals surface area contributed by atoms with Gasteiger partial charge in [0.1, 0.15) is 13.2 Å². The minimum absolute atomic E-state index is 0. The highest BCUT2D eigenvalue weighted by Crippen LogP contribution is 2.15. The average Bonchev–Trinajstić information content (AvgIpc) is 2.58. The van der Waals surface area contributed by atoms with E-state index in [0.717, 1.165) is 6.42 Å². The van der Waals surface area contributed by atoms with Gasteiger partial charge in [-0.05, 0) is 27.2 Å². The number of aliphatic hydroxyl groups is 1. The van der Waals surface area contributed by atoms with E-state index < -0.39 is 5.41 Å². The maximum atomic E-state index is 12.6. The molecule has 8 nitrogen and oxygen atoms in total. The number of rotatable bonds is 13. The fraction of sp³-hybridized carbons (Fsp3) is 0.857. The summed E-state index contributed by atoms with van der Waals surface area (Å²) < 4.78 is 5.33. The lowest BCUT2D eigenvalue weighted by molar-refractivity contribution is -0.145. The smallest absolute Gasteiger partial charge is 0.249 e. The summed E-state index contributed by atoms with van der Waals surface area (Å²) in [7, 11) is 0. The second kappa shape index (κ2) is 12.9. The molecule has 0 bridgehead atoms. The number of amides is 2. The Morgan fingerprint density at radius 1 is 0.931 bits per heavy atom. The molecule has 0 saturated carbocycles. The summed E-state index contributed by atoms with van der Waals surface area (Å²) in [4.78, 5) is 40.2. The van der Waals surface area contributed by atoms with E-state index in [2.05, 4.69) is 5.32 Å². The Hall–Kier alpha value is -1.51. The van der Waals surface area contributed by atoms with E-state index in [1.165, 1.54) is 9.80 Å². The van der Waals surface area contributed by atoms with Crippen molar-refractivity contribution in [3.8, 4) is 0 Å². The number of ketones is 1. The van der Waals surface area contributed by atoms with Gasteiger partial charge in [-0.3, -0.25) is 14.4 Å². The van der Waals surface area contributed by atoms with E-state index in [0.29, 0.717) is 19.6 Å². The van der Waals surface area contributed by atoms with Crippen LogP contribution in [-0.2, 0) is 19.1 Å². The first-order valence-corrected chi connectivity index (χ1v) is 10.3. The monoisotopic (exact) mass is 417 g/mol. The van der Waals surface area contributed by atoms with Gasteiger partial charge in [0.25, 0.3) is 0 Å². The van der Waals surface area contributed by atoms with E-state index in [1.54, 1.807) is 0 Å². The molecule has 0 atom stereocenters. The molecule has 0 rings (SSSR count). The Bertz CT molecular complexity index is 524. The number of hydrogen-bond donors (Lipinski definition) is 2. The Kier molecular flexibility index (Phi) is 12.3. The number of aliphatic hydroxyl groups excluding tert-OH is 1. The number of carbonyl (C=O) groups excluding carboxylic acids is 3. The van der Waals surface area contributed by atoms with Crippen molar-refractivity contribution in [2.24, 2.45) is 5.41 Å². The van der Waals surface area contributed by atoms with E-state index >= 15 is 0 Å². The fourth-order valence-corrected chi connectivity index (χ4v) is 2.43. The highest BCUT2D eigenvalue weighted by molar-refractivity contribution is 5.89. The van der Waals surface area contributed by atoms with Crippen molar-refractivity contribution in [3.63, 3.8) is 0 Å². The van der Waals surface area contributed by atoms with Crippen molar-refractivity contribution in [3.05, 3.63) is 0 Å². The topological polar surface area (TPSA) is 99.2 Å². The van der Waals surface area contributed by atoms with Crippen LogP contribution in [0.1, 0.15) is 56.3 Å². The van der Waals surface area contributed by atoms with Gasteiger partial charge in [0.2, 0.25) is 11.8 Å². The predicted molar refractivity (Wildman–Crippen MR) is 116 cm³/mol. The van der Waals surface area contributed by atoms with Crippen LogP contribution in [-0.4, -0.2) is 90.6 Å². The van der Waals surface area contributed by atoms with E-state index in [4.69, 9.17) is 9.84 Å². The molecular formula is C21H43N3O5. The van der Waals surface area contributed by atoms with Crippen LogP contribution < -0.4 is 5.32 Å². The highest BCUT2D eigenvalue weighted by Gasteiger charge is 2.26. The lowest BCUT2D eigenvalue weighted by Crippen LogP contribution is -2.47. The Morgan fingerprint density at radius 3 is 1.93 bits per heavy atom. The number of nitrogens with one attached hydrogen (secondary N) is 1. The van der Waals surface area contributed by atoms with Gasteiger partial charge in [0.05, 0.1) is 13.2 Å². The summed E-state index contributed by atoms with van der Waals surface area (Å²) >= 11 is 0. The number of Topliss-reactive ketones (excluding diaryl/α,β-unsaturated/α-hetero) is 1. The van der Waals surface area contributed by atoms with Crippen LogP contribution in [0, 0.1) is 5.41 Å². The van der Waals surface area contributed by atoms with Crippen LogP contribution in [0.25, 0.3) is 0 Å². The third-order valence-corrected chi connectivity index (χ3v) is 4.23. The Balaban J connectivity index is 0. The molecule has 8 heteroatoms. The van der Waals surface area contributed by atoms with Crippen molar-refractivity contribution in [2.45, 2.75) is 60.4 Å². The molecule has 2 amide bonds. The molecule has 0 aromatic heterocycles. The minimum atomic E-state index is -0.544. The van der Waals surface area contributed by atoms with Gasteiger partial charge >= 0.3 is 0 Å². The van der Waals surface area contributed by atoms with E-state index in [-0.39, 0.29) is 57.5 Å². The second-order valence-electron chi connectivity index (χ2n) is 9.26. The van der Waals surface area contributed by atoms with Crippen molar-refractivity contribution >= 4 is 17.6 Å². The number of carbonyl (C=O) groups is 3. The number of nitrogens with zero attached hydrogens (tertiary/aromatic N) is 2. The summed E-state index contributed by atoms with van der Waals surface area (Å²) in [5.74, 6) is -0.620. The van der Waals surface area contributed by atoms with Crippen LogP contribution in [0.4, 0.5) is 0 Å². The lowest BCUT2D eigenvalue weighted by Gasteiger charge is -2.28. The molecule has 0 aliphatic carbocycles. The molecule has 172 valence electrons. The van der Waals surface area contributed by atoms with Crippen LogP contribution in [0.2, 0.25) is 0 Å². The standard InChI is InChI=1S/C21H41N3O5.H2/c1-8-10-23(12-13-25)18(27)15-29-16-19(28)24(11-9-22-21(5,6)7)14-17(26)20(2,3)4;/h22,25H,8-16H2,1-7H3;1H. The van der Waals surface area contributed by atoms with Gasteiger partial charge in [-0.25, -0.2) is 0 Å². The molecule has 29 heavy (non-hydrogen) atoms. The van der Waals surface area contributed by atoms with Gasteiger partial charge < -0.3 is 25.0 Å². The third-order valence-electron chi connectivity index (χ3n) is 4.23. The summed E-state index contributed by atoms with van der Waals surface area (Å²) in [6.07, 6.45) is 0.772. The molecule has 0 radical (unpaired) electrons. The van der Waals surface area contributed by atoms with Crippen LogP contribution >= 0.6 is 0 Å². The summed E-state index contributed by atoms with van der Waals surface area (Å²) in [6.45, 7) is 14.6. The molecule has 0 saturated heterocycles. The number of ether oxygens (including phenoxy) is 1. The van der Waals surface area contributed by atoms with E-state index in [9.17, 15) is 14.4 Å². The van der Waals surface area contributed by atoms with Crippen molar-refractivity contribution < 1.29 is 25.7 Å². The van der Waals surface area contributed by atoms with Crippen molar-refractivity contribution in [1.82, 2.24) is 15.1 Å². The van der Waals surface area contributed by atoms with Crippen molar-refractivity contribution in [2.75, 3.05) is 52.5 Å². The van der Waals surface area contributed by atoms with Gasteiger partial charge in [0, 0.05) is 38.6 Å². The molecule has 2 N–H and O–H groups in total. The fourth-order valence-electron chi connectivity index (χ4n) is 2.43. The van der Waals surface area contributed by atoms with Gasteiger partial charge in [-0.1, -0.05) is 27.7 Å². The zero-order valence-corrected chi connectivity index (χ0v) is 19.3. The van der Waals surface area contributed by atoms with Gasteiger partial charge in [-0.15, -0.1) is 0 Å². The lowest BCUT2D eigenvalue weighted by atomic mass is 9.90. The molecule has 0 aromatic carbocycles. The number of hydrogen-bond acceptors (Lipinski definition) is 6. The maximum Gasteiger partial charge on any atom is 0.249 e. The van der Waals surface area contributed by atoms with Crippen LogP contribution in [0.15, 0.2) is 0 Å². The first-order valence-electron chi connectivity index (χ1n) is 10.3. The summed E-state index contributed by atoms with van der Waals surface area (Å²) in [5, 5.41) is 12.4. The molecule has 0 spiro atoms. The molecular weight excluding hydrogens is 374 g/mol. The first-order chi connectivity index (χ1) is 13.3. The van der Waals surface area contributed by atoms with Crippen molar-refractivity contribution in [1.29, 1.82) is 0 Å². The summed E-state index contributed by atoms with van der Waals surface area (Å²) in [5.41, 5.74) is -0.640. The molecule has 0 aromatic rings. The molecule has 0 aliphatic rings.